The van der Waals surface area contributed by atoms with E-state index < -0.39 is 55.0 Å². The molecule has 7 N–H and O–H groups in total. The third kappa shape index (κ3) is 8.44. The number of carbonyl (C=O) groups excluding carboxylic acids is 3. The molecule has 24 heavy (non-hydrogen) atoms. The van der Waals surface area contributed by atoms with E-state index in [1.165, 1.54) is 6.92 Å². The fourth-order valence-electron chi connectivity index (χ4n) is 1.71. The van der Waals surface area contributed by atoms with E-state index in [1.807, 2.05) is 13.8 Å². The van der Waals surface area contributed by atoms with Gasteiger partial charge in [0.2, 0.25) is 17.7 Å². The lowest BCUT2D eigenvalue weighted by molar-refractivity contribution is -0.141. The first-order valence-electron chi connectivity index (χ1n) is 7.55. The molecule has 0 aliphatic rings. The first-order chi connectivity index (χ1) is 11.1. The Labute approximate surface area is 140 Å². The van der Waals surface area contributed by atoms with Crippen LogP contribution in [0.1, 0.15) is 27.2 Å². The molecule has 0 aliphatic carbocycles. The minimum absolute atomic E-state index is 0.0681. The van der Waals surface area contributed by atoms with E-state index >= 15 is 0 Å². The van der Waals surface area contributed by atoms with Gasteiger partial charge in [-0.15, -0.1) is 0 Å². The maximum Gasteiger partial charge on any atom is 0.325 e. The van der Waals surface area contributed by atoms with Crippen molar-refractivity contribution in [2.75, 3.05) is 13.2 Å². The number of carbonyl (C=O) groups is 4. The summed E-state index contributed by atoms with van der Waals surface area (Å²) in [6.45, 7) is 4.02. The van der Waals surface area contributed by atoms with Crippen molar-refractivity contribution in [3.8, 4) is 0 Å². The highest BCUT2D eigenvalue weighted by Gasteiger charge is 2.25. The molecule has 0 aromatic carbocycles. The van der Waals surface area contributed by atoms with Crippen molar-refractivity contribution in [1.82, 2.24) is 16.0 Å². The smallest absolute Gasteiger partial charge is 0.325 e. The largest absolute Gasteiger partial charge is 0.480 e. The number of carboxylic acids is 1. The second-order valence-corrected chi connectivity index (χ2v) is 5.83. The highest BCUT2D eigenvalue weighted by molar-refractivity contribution is 5.92. The van der Waals surface area contributed by atoms with Crippen LogP contribution in [0.2, 0.25) is 0 Å². The van der Waals surface area contributed by atoms with Gasteiger partial charge >= 0.3 is 5.97 Å². The molecule has 0 bridgehead atoms. The molecule has 10 nitrogen and oxygen atoms in total. The van der Waals surface area contributed by atoms with E-state index in [-0.39, 0.29) is 5.92 Å². The summed E-state index contributed by atoms with van der Waals surface area (Å²) < 4.78 is 0. The molecule has 0 fully saturated rings. The Morgan fingerprint density at radius 2 is 1.62 bits per heavy atom. The Bertz CT molecular complexity index is 468. The molecular formula is C14H26N4O6. The monoisotopic (exact) mass is 346 g/mol. The van der Waals surface area contributed by atoms with E-state index in [1.54, 1.807) is 0 Å². The fraction of sp³-hybridized carbons (Fsp3) is 0.714. The SMILES string of the molecule is CC(C)CC(NC(=O)CNC(=O)C(N)CO)C(=O)NC(C)C(=O)O. The van der Waals surface area contributed by atoms with Gasteiger partial charge in [-0.25, -0.2) is 0 Å². The van der Waals surface area contributed by atoms with Gasteiger partial charge in [0.1, 0.15) is 18.1 Å². The summed E-state index contributed by atoms with van der Waals surface area (Å²) in [4.78, 5) is 46.1. The number of hydrogen-bond donors (Lipinski definition) is 6. The summed E-state index contributed by atoms with van der Waals surface area (Å²) in [5, 5.41) is 24.5. The lowest BCUT2D eigenvalue weighted by Gasteiger charge is -2.21. The maximum atomic E-state index is 12.1. The van der Waals surface area contributed by atoms with Gasteiger partial charge in [-0.05, 0) is 19.3 Å². The zero-order valence-electron chi connectivity index (χ0n) is 14.0. The van der Waals surface area contributed by atoms with Gasteiger partial charge in [-0.1, -0.05) is 13.8 Å². The topological polar surface area (TPSA) is 171 Å². The molecule has 0 heterocycles. The molecule has 10 heteroatoms. The second kappa shape index (κ2) is 10.6. The average Bonchev–Trinajstić information content (AvgIpc) is 2.50. The second-order valence-electron chi connectivity index (χ2n) is 5.83. The fourth-order valence-corrected chi connectivity index (χ4v) is 1.71. The van der Waals surface area contributed by atoms with Crippen LogP contribution >= 0.6 is 0 Å². The molecular weight excluding hydrogens is 320 g/mol. The number of nitrogens with two attached hydrogens (primary N) is 1. The highest BCUT2D eigenvalue weighted by Crippen LogP contribution is 2.05. The molecule has 3 unspecified atom stereocenters. The van der Waals surface area contributed by atoms with Crippen LogP contribution in [-0.2, 0) is 19.2 Å². The van der Waals surface area contributed by atoms with Gasteiger partial charge in [0.15, 0.2) is 0 Å². The Morgan fingerprint density at radius 1 is 1.04 bits per heavy atom. The molecule has 0 saturated carbocycles. The predicted octanol–water partition coefficient (Wildman–Crippen LogP) is -2.46. The normalized spacial score (nSPS) is 14.4. The van der Waals surface area contributed by atoms with Crippen molar-refractivity contribution in [2.45, 2.75) is 45.3 Å². The standard InChI is InChI=1S/C14H26N4O6/c1-7(2)4-10(13(22)17-8(3)14(23)24)18-11(20)5-16-12(21)9(15)6-19/h7-10,19H,4-6,15H2,1-3H3,(H,16,21)(H,17,22)(H,18,20)(H,23,24). The maximum absolute atomic E-state index is 12.1. The van der Waals surface area contributed by atoms with Gasteiger partial charge < -0.3 is 31.9 Å². The average molecular weight is 346 g/mol. The zero-order valence-corrected chi connectivity index (χ0v) is 14.0. The molecule has 0 spiro atoms. The van der Waals surface area contributed by atoms with Crippen LogP contribution in [0.4, 0.5) is 0 Å². The first kappa shape index (κ1) is 21.8. The van der Waals surface area contributed by atoms with Crippen molar-refractivity contribution in [1.29, 1.82) is 0 Å². The molecule has 0 rings (SSSR count). The van der Waals surface area contributed by atoms with Gasteiger partial charge in [-0.2, -0.15) is 0 Å². The van der Waals surface area contributed by atoms with Crippen LogP contribution < -0.4 is 21.7 Å². The minimum atomic E-state index is -1.19. The molecule has 0 aliphatic heterocycles. The molecule has 0 saturated heterocycles. The zero-order chi connectivity index (χ0) is 18.9. The van der Waals surface area contributed by atoms with Crippen LogP contribution in [0.25, 0.3) is 0 Å². The molecule has 0 radical (unpaired) electrons. The van der Waals surface area contributed by atoms with Crippen LogP contribution in [0, 0.1) is 5.92 Å². The van der Waals surface area contributed by atoms with Crippen LogP contribution in [-0.4, -0.2) is 65.2 Å². The van der Waals surface area contributed by atoms with Gasteiger partial charge in [0, 0.05) is 0 Å². The van der Waals surface area contributed by atoms with E-state index in [9.17, 15) is 19.2 Å². The molecule has 0 aromatic rings. The molecule has 3 atom stereocenters. The van der Waals surface area contributed by atoms with E-state index in [2.05, 4.69) is 16.0 Å². The Balaban J connectivity index is 4.66. The summed E-state index contributed by atoms with van der Waals surface area (Å²) in [6.07, 6.45) is 0.300. The number of aliphatic hydroxyl groups excluding tert-OH is 1. The Hall–Kier alpha value is -2.20. The third-order valence-corrected chi connectivity index (χ3v) is 3.04. The van der Waals surface area contributed by atoms with Crippen molar-refractivity contribution in [3.05, 3.63) is 0 Å². The van der Waals surface area contributed by atoms with Crippen molar-refractivity contribution in [2.24, 2.45) is 11.7 Å². The number of aliphatic hydroxyl groups is 1. The summed E-state index contributed by atoms with van der Waals surface area (Å²) in [5.74, 6) is -3.07. The first-order valence-corrected chi connectivity index (χ1v) is 7.55. The number of rotatable bonds is 10. The lowest BCUT2D eigenvalue weighted by atomic mass is 10.0. The molecule has 3 amide bonds. The number of hydrogen-bond acceptors (Lipinski definition) is 6. The quantitative estimate of drug-likeness (QED) is 0.255. The summed E-state index contributed by atoms with van der Waals surface area (Å²) >= 11 is 0. The number of nitrogens with one attached hydrogen (secondary N) is 3. The summed E-state index contributed by atoms with van der Waals surface area (Å²) in [5.41, 5.74) is 5.29. The molecule has 138 valence electrons. The van der Waals surface area contributed by atoms with Gasteiger partial charge in [0.05, 0.1) is 13.2 Å². The highest BCUT2D eigenvalue weighted by atomic mass is 16.4. The number of carboxylic acid groups (broad SMARTS) is 1. The van der Waals surface area contributed by atoms with Crippen LogP contribution in [0.5, 0.6) is 0 Å². The number of aliphatic carboxylic acids is 1. The summed E-state index contributed by atoms with van der Waals surface area (Å²) in [7, 11) is 0. The van der Waals surface area contributed by atoms with Crippen LogP contribution in [0.3, 0.4) is 0 Å². The summed E-state index contributed by atoms with van der Waals surface area (Å²) in [6, 6.07) is -3.15. The van der Waals surface area contributed by atoms with E-state index in [4.69, 9.17) is 15.9 Å². The van der Waals surface area contributed by atoms with Gasteiger partial charge in [-0.3, -0.25) is 19.2 Å². The molecule has 0 aromatic heterocycles. The predicted molar refractivity (Wildman–Crippen MR) is 84.7 cm³/mol. The lowest BCUT2D eigenvalue weighted by Crippen LogP contribution is -2.53. The minimum Gasteiger partial charge on any atom is -0.480 e. The number of amides is 3. The van der Waals surface area contributed by atoms with Crippen LogP contribution in [0.15, 0.2) is 0 Å². The van der Waals surface area contributed by atoms with Crippen molar-refractivity contribution in [3.63, 3.8) is 0 Å². The van der Waals surface area contributed by atoms with Gasteiger partial charge in [0.25, 0.3) is 0 Å². The van der Waals surface area contributed by atoms with Crippen molar-refractivity contribution >= 4 is 23.7 Å². The Morgan fingerprint density at radius 3 is 2.08 bits per heavy atom. The Kier molecular flexibility index (Phi) is 9.58. The van der Waals surface area contributed by atoms with E-state index in [0.29, 0.717) is 6.42 Å². The van der Waals surface area contributed by atoms with E-state index in [0.717, 1.165) is 0 Å². The third-order valence-electron chi connectivity index (χ3n) is 3.04. The van der Waals surface area contributed by atoms with Crippen molar-refractivity contribution < 1.29 is 29.4 Å².